The maximum atomic E-state index is 12.5. The summed E-state index contributed by atoms with van der Waals surface area (Å²) in [6, 6.07) is 9.23. The van der Waals surface area contributed by atoms with Gasteiger partial charge in [0.1, 0.15) is 5.76 Å². The molecule has 0 bridgehead atoms. The highest BCUT2D eigenvalue weighted by molar-refractivity contribution is 6.18. The van der Waals surface area contributed by atoms with Crippen molar-refractivity contribution in [2.24, 2.45) is 5.92 Å². The summed E-state index contributed by atoms with van der Waals surface area (Å²) in [6.45, 7) is 1.60. The molecule has 3 rings (SSSR count). The Morgan fingerprint density at radius 2 is 1.85 bits per heavy atom. The van der Waals surface area contributed by atoms with Gasteiger partial charge in [-0.3, -0.25) is 9.59 Å². The number of urea groups is 1. The Morgan fingerprint density at radius 3 is 2.38 bits per heavy atom. The van der Waals surface area contributed by atoms with Crippen molar-refractivity contribution in [3.63, 3.8) is 0 Å². The van der Waals surface area contributed by atoms with Crippen LogP contribution in [-0.2, 0) is 0 Å². The van der Waals surface area contributed by atoms with Crippen molar-refractivity contribution in [2.45, 2.75) is 25.8 Å². The number of nitrogens with zero attached hydrogens (tertiary/aromatic N) is 1. The zero-order valence-electron chi connectivity index (χ0n) is 14.1. The molecule has 0 saturated heterocycles. The summed E-state index contributed by atoms with van der Waals surface area (Å²) in [5.41, 5.74) is 0.962. The molecule has 1 aliphatic carbocycles. The summed E-state index contributed by atoms with van der Waals surface area (Å²) in [7, 11) is 0. The summed E-state index contributed by atoms with van der Waals surface area (Å²) in [5, 5.41) is 14.8. The van der Waals surface area contributed by atoms with Gasteiger partial charge in [0.25, 0.3) is 0 Å². The number of anilines is 1. The Labute approximate surface area is 150 Å². The fraction of sp³-hybridized carbons (Fsp3) is 0.263. The standard InChI is InChI=1S/C19H17N3O4/c1-11-15(8-9-26-11)18(24)16(10-20)17(23)12-2-4-13(5-3-12)21-19(25)22-14-6-7-14/h2-5,8-9,14,16H,6-7H2,1H3,(H2,21,22,25)/t16-/m1/s1. The van der Waals surface area contributed by atoms with Crippen LogP contribution < -0.4 is 10.6 Å². The van der Waals surface area contributed by atoms with E-state index in [2.05, 4.69) is 10.6 Å². The molecule has 0 radical (unpaired) electrons. The molecule has 2 amide bonds. The van der Waals surface area contributed by atoms with Crippen LogP contribution >= 0.6 is 0 Å². The second-order valence-electron chi connectivity index (χ2n) is 6.13. The van der Waals surface area contributed by atoms with Gasteiger partial charge >= 0.3 is 6.03 Å². The Balaban J connectivity index is 1.69. The molecule has 1 aromatic carbocycles. The molecule has 1 aliphatic rings. The Morgan fingerprint density at radius 1 is 1.15 bits per heavy atom. The average molecular weight is 351 g/mol. The van der Waals surface area contributed by atoms with E-state index in [0.29, 0.717) is 11.4 Å². The Kier molecular flexibility index (Phi) is 4.85. The van der Waals surface area contributed by atoms with E-state index < -0.39 is 17.5 Å². The number of benzene rings is 1. The van der Waals surface area contributed by atoms with Crippen molar-refractivity contribution in [1.29, 1.82) is 5.26 Å². The Hall–Kier alpha value is -3.40. The molecule has 1 atom stereocenters. The molecule has 0 unspecified atom stereocenters. The van der Waals surface area contributed by atoms with Crippen LogP contribution in [0.15, 0.2) is 41.0 Å². The lowest BCUT2D eigenvalue weighted by Gasteiger charge is -2.09. The highest BCUT2D eigenvalue weighted by atomic mass is 16.3. The van der Waals surface area contributed by atoms with Gasteiger partial charge in [0, 0.05) is 17.3 Å². The molecule has 2 aromatic rings. The van der Waals surface area contributed by atoms with E-state index in [1.807, 2.05) is 0 Å². The SMILES string of the molecule is Cc1occc1C(=O)[C@H](C#N)C(=O)c1ccc(NC(=O)NC2CC2)cc1. The third-order valence-corrected chi connectivity index (χ3v) is 4.12. The summed E-state index contributed by atoms with van der Waals surface area (Å²) in [6.07, 6.45) is 3.32. The number of furan rings is 1. The molecule has 1 heterocycles. The van der Waals surface area contributed by atoms with Crippen molar-refractivity contribution >= 4 is 23.3 Å². The lowest BCUT2D eigenvalue weighted by Crippen LogP contribution is -2.30. The smallest absolute Gasteiger partial charge is 0.319 e. The first-order chi connectivity index (χ1) is 12.5. The zero-order valence-corrected chi connectivity index (χ0v) is 14.1. The van der Waals surface area contributed by atoms with Crippen LogP contribution in [0.1, 0.15) is 39.3 Å². The van der Waals surface area contributed by atoms with Crippen LogP contribution in [-0.4, -0.2) is 23.6 Å². The third kappa shape index (κ3) is 3.81. The van der Waals surface area contributed by atoms with E-state index >= 15 is 0 Å². The minimum atomic E-state index is -1.44. The molecule has 1 aromatic heterocycles. The summed E-state index contributed by atoms with van der Waals surface area (Å²) in [4.78, 5) is 36.7. The predicted octanol–water partition coefficient (Wildman–Crippen LogP) is 3.08. The largest absolute Gasteiger partial charge is 0.469 e. The highest BCUT2D eigenvalue weighted by Gasteiger charge is 2.30. The molecule has 0 aliphatic heterocycles. The first kappa shape index (κ1) is 17.4. The van der Waals surface area contributed by atoms with E-state index in [-0.39, 0.29) is 23.2 Å². The highest BCUT2D eigenvalue weighted by Crippen LogP contribution is 2.21. The number of nitrogens with one attached hydrogen (secondary N) is 2. The van der Waals surface area contributed by atoms with Crippen molar-refractivity contribution in [1.82, 2.24) is 5.32 Å². The molecule has 2 N–H and O–H groups in total. The van der Waals surface area contributed by atoms with E-state index in [0.717, 1.165) is 12.8 Å². The predicted molar refractivity (Wildman–Crippen MR) is 92.8 cm³/mol. The summed E-state index contributed by atoms with van der Waals surface area (Å²) < 4.78 is 5.06. The lowest BCUT2D eigenvalue weighted by molar-refractivity contribution is 0.0845. The first-order valence-corrected chi connectivity index (χ1v) is 8.19. The van der Waals surface area contributed by atoms with Crippen molar-refractivity contribution in [2.75, 3.05) is 5.32 Å². The number of rotatable bonds is 6. The summed E-state index contributed by atoms with van der Waals surface area (Å²) in [5.74, 6) is -2.26. The number of amides is 2. The number of nitriles is 1. The molecular formula is C19H17N3O4. The minimum Gasteiger partial charge on any atom is -0.469 e. The molecule has 0 spiro atoms. The number of carbonyl (C=O) groups excluding carboxylic acids is 3. The quantitative estimate of drug-likeness (QED) is 0.613. The van der Waals surface area contributed by atoms with E-state index in [1.165, 1.54) is 24.5 Å². The number of ketones is 2. The number of aryl methyl sites for hydroxylation is 1. The molecular weight excluding hydrogens is 334 g/mol. The van der Waals surface area contributed by atoms with E-state index in [4.69, 9.17) is 4.42 Å². The molecule has 7 nitrogen and oxygen atoms in total. The van der Waals surface area contributed by atoms with Crippen molar-refractivity contribution < 1.29 is 18.8 Å². The molecule has 132 valence electrons. The van der Waals surface area contributed by atoms with E-state index in [9.17, 15) is 19.6 Å². The topological polar surface area (TPSA) is 112 Å². The van der Waals surface area contributed by atoms with Crippen LogP contribution in [0.3, 0.4) is 0 Å². The average Bonchev–Trinajstić information content (AvgIpc) is 3.33. The normalized spacial score (nSPS) is 14.2. The van der Waals surface area contributed by atoms with Gasteiger partial charge in [-0.2, -0.15) is 5.26 Å². The van der Waals surface area contributed by atoms with Crippen molar-refractivity contribution in [3.8, 4) is 6.07 Å². The van der Waals surface area contributed by atoms with Gasteiger partial charge < -0.3 is 15.1 Å². The van der Waals surface area contributed by atoms with Crippen LogP contribution in [0.4, 0.5) is 10.5 Å². The number of hydrogen-bond donors (Lipinski definition) is 2. The molecule has 1 fully saturated rings. The molecule has 26 heavy (non-hydrogen) atoms. The van der Waals surface area contributed by atoms with Crippen molar-refractivity contribution in [3.05, 3.63) is 53.5 Å². The van der Waals surface area contributed by atoms with Crippen LogP contribution in [0.25, 0.3) is 0 Å². The lowest BCUT2D eigenvalue weighted by atomic mass is 9.91. The fourth-order valence-corrected chi connectivity index (χ4v) is 2.50. The second kappa shape index (κ2) is 7.23. The van der Waals surface area contributed by atoms with Gasteiger partial charge in [0.05, 0.1) is 17.9 Å². The van der Waals surface area contributed by atoms with Gasteiger partial charge in [-0.1, -0.05) is 0 Å². The van der Waals surface area contributed by atoms with E-state index in [1.54, 1.807) is 25.1 Å². The van der Waals surface area contributed by atoms with Crippen LogP contribution in [0, 0.1) is 24.2 Å². The summed E-state index contributed by atoms with van der Waals surface area (Å²) >= 11 is 0. The van der Waals surface area contributed by atoms with Gasteiger partial charge in [0.2, 0.25) is 0 Å². The third-order valence-electron chi connectivity index (χ3n) is 4.12. The Bertz CT molecular complexity index is 888. The van der Waals surface area contributed by atoms with Crippen LogP contribution in [0.5, 0.6) is 0 Å². The minimum absolute atomic E-state index is 0.221. The molecule has 7 heteroatoms. The maximum absolute atomic E-state index is 12.5. The second-order valence-corrected chi connectivity index (χ2v) is 6.13. The van der Waals surface area contributed by atoms with Gasteiger partial charge in [-0.15, -0.1) is 0 Å². The number of Topliss-reactive ketones (excluding diaryl/α,β-unsaturated/α-hetero) is 2. The van der Waals surface area contributed by atoms with Crippen LogP contribution in [0.2, 0.25) is 0 Å². The fourth-order valence-electron chi connectivity index (χ4n) is 2.50. The van der Waals surface area contributed by atoms with Gasteiger partial charge in [0.15, 0.2) is 17.5 Å². The van der Waals surface area contributed by atoms with Gasteiger partial charge in [-0.25, -0.2) is 4.79 Å². The molecule has 1 saturated carbocycles. The first-order valence-electron chi connectivity index (χ1n) is 8.19. The monoisotopic (exact) mass is 351 g/mol. The number of carbonyl (C=O) groups is 3. The number of hydrogen-bond acceptors (Lipinski definition) is 5. The zero-order chi connectivity index (χ0) is 18.7. The van der Waals surface area contributed by atoms with Gasteiger partial charge in [-0.05, 0) is 50.1 Å². The maximum Gasteiger partial charge on any atom is 0.319 e.